The molecule has 19 heavy (non-hydrogen) atoms. The number of aliphatic carboxylic acids is 1. The number of methoxy groups -OCH3 is 1. The second kappa shape index (κ2) is 6.96. The summed E-state index contributed by atoms with van der Waals surface area (Å²) in [7, 11) is 1.17. The molecule has 0 spiro atoms. The summed E-state index contributed by atoms with van der Waals surface area (Å²) < 4.78 is 4.39. The first kappa shape index (κ1) is 15.3. The highest BCUT2D eigenvalue weighted by molar-refractivity contribution is 5.86. The summed E-state index contributed by atoms with van der Waals surface area (Å²) in [5, 5.41) is 13.9. The number of rotatable bonds is 5. The van der Waals surface area contributed by atoms with Crippen molar-refractivity contribution in [2.75, 3.05) is 7.11 Å². The molecule has 0 bridgehead atoms. The summed E-state index contributed by atoms with van der Waals surface area (Å²) >= 11 is 0. The number of hydrogen-bond donors (Lipinski definition) is 3. The molecule has 1 aliphatic rings. The fraction of sp³-hybridized carbons (Fsp3) is 0.750. The number of amides is 2. The van der Waals surface area contributed by atoms with Crippen LogP contribution in [0.2, 0.25) is 0 Å². The van der Waals surface area contributed by atoms with Crippen molar-refractivity contribution in [1.29, 1.82) is 0 Å². The first-order valence-electron chi connectivity index (χ1n) is 6.30. The molecule has 0 radical (unpaired) electrons. The Kier molecular flexibility index (Phi) is 5.59. The predicted molar refractivity (Wildman–Crippen MR) is 66.5 cm³/mol. The van der Waals surface area contributed by atoms with E-state index in [1.165, 1.54) is 7.11 Å². The Morgan fingerprint density at radius 2 is 2.05 bits per heavy atom. The summed E-state index contributed by atoms with van der Waals surface area (Å²) in [6, 6.07) is -1.77. The molecule has 7 nitrogen and oxygen atoms in total. The van der Waals surface area contributed by atoms with Gasteiger partial charge in [0.1, 0.15) is 6.04 Å². The van der Waals surface area contributed by atoms with Crippen molar-refractivity contribution in [2.45, 2.75) is 44.7 Å². The molecular weight excluding hydrogens is 252 g/mol. The second-order valence-electron chi connectivity index (χ2n) is 4.80. The van der Waals surface area contributed by atoms with Gasteiger partial charge in [-0.3, -0.25) is 4.79 Å². The molecule has 0 heterocycles. The largest absolute Gasteiger partial charge is 0.480 e. The minimum atomic E-state index is -1.27. The number of nitrogens with one attached hydrogen (secondary N) is 2. The lowest BCUT2D eigenvalue weighted by molar-refractivity contribution is -0.147. The van der Waals surface area contributed by atoms with Crippen molar-refractivity contribution in [3.05, 3.63) is 0 Å². The van der Waals surface area contributed by atoms with E-state index in [2.05, 4.69) is 15.4 Å². The Balaban J connectivity index is 2.47. The fourth-order valence-electron chi connectivity index (χ4n) is 2.18. The highest BCUT2D eigenvalue weighted by atomic mass is 16.5. The van der Waals surface area contributed by atoms with Crippen LogP contribution in [0.5, 0.6) is 0 Å². The van der Waals surface area contributed by atoms with Gasteiger partial charge in [0.05, 0.1) is 13.5 Å². The van der Waals surface area contributed by atoms with Gasteiger partial charge in [-0.15, -0.1) is 0 Å². The number of carbonyl (C=O) groups excluding carboxylic acids is 2. The first-order chi connectivity index (χ1) is 8.93. The molecule has 2 unspecified atom stereocenters. The van der Waals surface area contributed by atoms with E-state index >= 15 is 0 Å². The first-order valence-corrected chi connectivity index (χ1v) is 6.30. The topological polar surface area (TPSA) is 105 Å². The average Bonchev–Trinajstić information content (AvgIpc) is 2.73. The van der Waals surface area contributed by atoms with E-state index in [4.69, 9.17) is 5.11 Å². The molecule has 3 N–H and O–H groups in total. The predicted octanol–water partition coefficient (Wildman–Crippen LogP) is 0.491. The number of carbonyl (C=O) groups is 3. The van der Waals surface area contributed by atoms with E-state index in [0.29, 0.717) is 5.92 Å². The number of esters is 1. The van der Waals surface area contributed by atoms with E-state index in [1.54, 1.807) is 0 Å². The van der Waals surface area contributed by atoms with Gasteiger partial charge < -0.3 is 20.5 Å². The van der Waals surface area contributed by atoms with E-state index in [1.807, 2.05) is 6.92 Å². The summed E-state index contributed by atoms with van der Waals surface area (Å²) in [4.78, 5) is 33.7. The molecule has 7 heteroatoms. The smallest absolute Gasteiger partial charge is 0.326 e. The zero-order valence-corrected chi connectivity index (χ0v) is 11.1. The third-order valence-corrected chi connectivity index (χ3v) is 3.38. The van der Waals surface area contributed by atoms with Crippen LogP contribution < -0.4 is 10.6 Å². The van der Waals surface area contributed by atoms with Crippen molar-refractivity contribution >= 4 is 18.0 Å². The van der Waals surface area contributed by atoms with Crippen LogP contribution in [0.1, 0.15) is 32.6 Å². The summed E-state index contributed by atoms with van der Waals surface area (Å²) in [5.41, 5.74) is 0. The molecule has 1 fully saturated rings. The standard InChI is InChI=1S/C12H20N2O5/c1-7-4-3-5-8(7)13-12(18)14-9(11(16)17)6-10(15)19-2/h7-9H,3-6H2,1-2H3,(H,16,17)(H2,13,14,18)/t7?,8?,9-/m0/s1. The lowest BCUT2D eigenvalue weighted by Crippen LogP contribution is -2.50. The summed E-state index contributed by atoms with van der Waals surface area (Å²) in [5.74, 6) is -1.56. The zero-order chi connectivity index (χ0) is 14.4. The normalized spacial score (nSPS) is 23.5. The van der Waals surface area contributed by atoms with Gasteiger partial charge in [0, 0.05) is 6.04 Å². The molecule has 0 aromatic heterocycles. The van der Waals surface area contributed by atoms with Gasteiger partial charge in [0.25, 0.3) is 0 Å². The van der Waals surface area contributed by atoms with Gasteiger partial charge in [-0.05, 0) is 18.8 Å². The van der Waals surface area contributed by atoms with Crippen LogP contribution in [0, 0.1) is 5.92 Å². The minimum absolute atomic E-state index is 0.0626. The number of carboxylic acids is 1. The van der Waals surface area contributed by atoms with E-state index in [9.17, 15) is 14.4 Å². The Morgan fingerprint density at radius 1 is 1.37 bits per heavy atom. The molecule has 0 aromatic carbocycles. The maximum absolute atomic E-state index is 11.7. The van der Waals surface area contributed by atoms with Crippen LogP contribution in [-0.4, -0.2) is 42.3 Å². The lowest BCUT2D eigenvalue weighted by Gasteiger charge is -2.20. The second-order valence-corrected chi connectivity index (χ2v) is 4.80. The molecule has 1 saturated carbocycles. The molecule has 1 rings (SSSR count). The molecule has 108 valence electrons. The Labute approximate surface area is 111 Å². The Bertz CT molecular complexity index is 358. The Morgan fingerprint density at radius 3 is 2.53 bits per heavy atom. The number of urea groups is 1. The number of hydrogen-bond acceptors (Lipinski definition) is 4. The number of ether oxygens (including phenoxy) is 1. The summed E-state index contributed by atoms with van der Waals surface area (Å²) in [6.45, 7) is 2.04. The van der Waals surface area contributed by atoms with Crippen LogP contribution >= 0.6 is 0 Å². The van der Waals surface area contributed by atoms with E-state index < -0.39 is 24.0 Å². The van der Waals surface area contributed by atoms with Crippen molar-refractivity contribution < 1.29 is 24.2 Å². The fourth-order valence-corrected chi connectivity index (χ4v) is 2.18. The molecule has 1 aliphatic carbocycles. The Hall–Kier alpha value is -1.79. The van der Waals surface area contributed by atoms with Crippen LogP contribution in [0.25, 0.3) is 0 Å². The molecule has 3 atom stereocenters. The van der Waals surface area contributed by atoms with Crippen LogP contribution in [0.15, 0.2) is 0 Å². The monoisotopic (exact) mass is 272 g/mol. The van der Waals surface area contributed by atoms with Gasteiger partial charge in [-0.2, -0.15) is 0 Å². The molecule has 0 aliphatic heterocycles. The van der Waals surface area contributed by atoms with Gasteiger partial charge in [-0.1, -0.05) is 13.3 Å². The molecule has 0 aromatic rings. The van der Waals surface area contributed by atoms with Crippen LogP contribution in [-0.2, 0) is 14.3 Å². The third-order valence-electron chi connectivity index (χ3n) is 3.38. The van der Waals surface area contributed by atoms with Crippen molar-refractivity contribution in [3.63, 3.8) is 0 Å². The molecular formula is C12H20N2O5. The third kappa shape index (κ3) is 4.76. The van der Waals surface area contributed by atoms with E-state index in [0.717, 1.165) is 19.3 Å². The van der Waals surface area contributed by atoms with Gasteiger partial charge >= 0.3 is 18.0 Å². The maximum Gasteiger partial charge on any atom is 0.326 e. The lowest BCUT2D eigenvalue weighted by atomic mass is 10.1. The zero-order valence-electron chi connectivity index (χ0n) is 11.1. The highest BCUT2D eigenvalue weighted by Gasteiger charge is 2.28. The van der Waals surface area contributed by atoms with E-state index in [-0.39, 0.29) is 12.5 Å². The molecule has 2 amide bonds. The number of carboxylic acid groups (broad SMARTS) is 1. The molecule has 0 saturated heterocycles. The SMILES string of the molecule is COC(=O)C[C@H](NC(=O)NC1CCCC1C)C(=O)O. The summed E-state index contributed by atoms with van der Waals surface area (Å²) in [6.07, 6.45) is 2.61. The average molecular weight is 272 g/mol. The quantitative estimate of drug-likeness (QED) is 0.632. The van der Waals surface area contributed by atoms with Crippen LogP contribution in [0.4, 0.5) is 4.79 Å². The van der Waals surface area contributed by atoms with Gasteiger partial charge in [0.2, 0.25) is 0 Å². The van der Waals surface area contributed by atoms with Crippen molar-refractivity contribution in [2.24, 2.45) is 5.92 Å². The van der Waals surface area contributed by atoms with Crippen molar-refractivity contribution in [3.8, 4) is 0 Å². The highest BCUT2D eigenvalue weighted by Crippen LogP contribution is 2.24. The van der Waals surface area contributed by atoms with Crippen molar-refractivity contribution in [1.82, 2.24) is 10.6 Å². The van der Waals surface area contributed by atoms with Crippen LogP contribution in [0.3, 0.4) is 0 Å². The maximum atomic E-state index is 11.7. The minimum Gasteiger partial charge on any atom is -0.480 e. The van der Waals surface area contributed by atoms with Gasteiger partial charge in [-0.25, -0.2) is 9.59 Å². The van der Waals surface area contributed by atoms with Gasteiger partial charge in [0.15, 0.2) is 0 Å².